The van der Waals surface area contributed by atoms with Crippen molar-refractivity contribution in [1.82, 2.24) is 4.90 Å². The molecule has 0 N–H and O–H groups in total. The van der Waals surface area contributed by atoms with E-state index in [-0.39, 0.29) is 36.9 Å². The Morgan fingerprint density at radius 3 is 2.45 bits per heavy atom. The normalized spacial score (nSPS) is 20.3. The molecule has 31 heavy (non-hydrogen) atoms. The molecule has 0 bridgehead atoms. The van der Waals surface area contributed by atoms with Gasteiger partial charge in [0.15, 0.2) is 0 Å². The van der Waals surface area contributed by atoms with Crippen LogP contribution in [0.5, 0.6) is 5.75 Å². The Morgan fingerprint density at radius 2 is 1.81 bits per heavy atom. The number of rotatable bonds is 4. The number of ether oxygens (including phenoxy) is 1. The minimum Gasteiger partial charge on any atom is -0.497 e. The van der Waals surface area contributed by atoms with E-state index in [0.717, 1.165) is 10.5 Å². The fourth-order valence-corrected chi connectivity index (χ4v) is 5.13. The molecule has 0 aromatic heterocycles. The Kier molecular flexibility index (Phi) is 5.37. The standard InChI is InChI=1S/C23H22BrFN2O4/c1-23(2)19-15(24)8-9-16(25)20(19)27(22(23)30)17-10-11-18(28)26(21(17)29)12-13-4-6-14(31-3)7-5-13/h4-9,17H,10-12H2,1-3H3. The molecule has 3 amide bonds. The second-order valence-electron chi connectivity index (χ2n) is 8.27. The number of amides is 3. The second kappa shape index (κ2) is 7.75. The maximum atomic E-state index is 14.9. The van der Waals surface area contributed by atoms with Gasteiger partial charge in [-0.1, -0.05) is 28.1 Å². The summed E-state index contributed by atoms with van der Waals surface area (Å²) in [6.45, 7) is 3.51. The Bertz CT molecular complexity index is 1080. The molecule has 8 heteroatoms. The molecule has 162 valence electrons. The van der Waals surface area contributed by atoms with Gasteiger partial charge in [0, 0.05) is 16.5 Å². The summed E-state index contributed by atoms with van der Waals surface area (Å²) in [4.78, 5) is 41.7. The molecule has 6 nitrogen and oxygen atoms in total. The Morgan fingerprint density at radius 1 is 1.13 bits per heavy atom. The summed E-state index contributed by atoms with van der Waals surface area (Å²) in [7, 11) is 1.56. The van der Waals surface area contributed by atoms with Gasteiger partial charge in [0.05, 0.1) is 24.8 Å². The summed E-state index contributed by atoms with van der Waals surface area (Å²) < 4.78 is 20.6. The third-order valence-corrected chi connectivity index (χ3v) is 6.65. The number of fused-ring (bicyclic) bond motifs is 1. The molecular weight excluding hydrogens is 467 g/mol. The highest BCUT2D eigenvalue weighted by Crippen LogP contribution is 2.48. The molecule has 0 saturated carbocycles. The van der Waals surface area contributed by atoms with Crippen molar-refractivity contribution in [2.24, 2.45) is 0 Å². The Balaban J connectivity index is 1.69. The van der Waals surface area contributed by atoms with Crippen LogP contribution in [0.4, 0.5) is 10.1 Å². The minimum atomic E-state index is -1.00. The highest BCUT2D eigenvalue weighted by atomic mass is 79.9. The number of halogens is 2. The van der Waals surface area contributed by atoms with Gasteiger partial charge in [-0.15, -0.1) is 0 Å². The van der Waals surface area contributed by atoms with Gasteiger partial charge in [0.1, 0.15) is 17.6 Å². The molecule has 1 saturated heterocycles. The van der Waals surface area contributed by atoms with E-state index < -0.39 is 23.2 Å². The Hall–Kier alpha value is -2.74. The van der Waals surface area contributed by atoms with Crippen molar-refractivity contribution in [3.8, 4) is 5.75 Å². The smallest absolute Gasteiger partial charge is 0.252 e. The third kappa shape index (κ3) is 3.43. The van der Waals surface area contributed by atoms with Crippen molar-refractivity contribution in [2.45, 2.75) is 44.7 Å². The van der Waals surface area contributed by atoms with Crippen LogP contribution in [0.15, 0.2) is 40.9 Å². The molecule has 2 aliphatic heterocycles. The highest BCUT2D eigenvalue weighted by molar-refractivity contribution is 9.10. The summed E-state index contributed by atoms with van der Waals surface area (Å²) in [5.41, 5.74) is 0.384. The lowest BCUT2D eigenvalue weighted by Crippen LogP contribution is -2.56. The van der Waals surface area contributed by atoms with Gasteiger partial charge in [-0.3, -0.25) is 24.2 Å². The zero-order valence-electron chi connectivity index (χ0n) is 17.4. The van der Waals surface area contributed by atoms with Crippen LogP contribution >= 0.6 is 15.9 Å². The van der Waals surface area contributed by atoms with Crippen LogP contribution in [-0.4, -0.2) is 35.8 Å². The lowest BCUT2D eigenvalue weighted by Gasteiger charge is -2.36. The van der Waals surface area contributed by atoms with Crippen LogP contribution in [0, 0.1) is 5.82 Å². The van der Waals surface area contributed by atoms with Crippen molar-refractivity contribution in [1.29, 1.82) is 0 Å². The molecule has 1 unspecified atom stereocenters. The number of hydrogen-bond acceptors (Lipinski definition) is 4. The largest absolute Gasteiger partial charge is 0.497 e. The molecule has 0 aliphatic carbocycles. The first-order valence-electron chi connectivity index (χ1n) is 9.96. The van der Waals surface area contributed by atoms with E-state index in [4.69, 9.17) is 4.74 Å². The number of benzene rings is 2. The van der Waals surface area contributed by atoms with Crippen LogP contribution in [-0.2, 0) is 26.3 Å². The molecule has 0 spiro atoms. The van der Waals surface area contributed by atoms with Crippen LogP contribution < -0.4 is 9.64 Å². The highest BCUT2D eigenvalue weighted by Gasteiger charge is 2.52. The Labute approximate surface area is 188 Å². The zero-order chi connectivity index (χ0) is 22.5. The van der Waals surface area contributed by atoms with E-state index in [1.807, 2.05) is 0 Å². The van der Waals surface area contributed by atoms with E-state index in [1.165, 1.54) is 11.0 Å². The van der Waals surface area contributed by atoms with Crippen molar-refractivity contribution in [3.05, 3.63) is 57.8 Å². The SMILES string of the molecule is COc1ccc(CN2C(=O)CCC(N3C(=O)C(C)(C)c4c(Br)ccc(F)c43)C2=O)cc1. The summed E-state index contributed by atoms with van der Waals surface area (Å²) in [6, 6.07) is 8.96. The number of hydrogen-bond donors (Lipinski definition) is 0. The van der Waals surface area contributed by atoms with Crippen LogP contribution in [0.1, 0.15) is 37.8 Å². The van der Waals surface area contributed by atoms with Gasteiger partial charge >= 0.3 is 0 Å². The van der Waals surface area contributed by atoms with E-state index >= 15 is 0 Å². The predicted molar refractivity (Wildman–Crippen MR) is 116 cm³/mol. The van der Waals surface area contributed by atoms with E-state index in [1.54, 1.807) is 51.3 Å². The topological polar surface area (TPSA) is 66.9 Å². The van der Waals surface area contributed by atoms with E-state index in [2.05, 4.69) is 15.9 Å². The number of likely N-dealkylation sites (tertiary alicyclic amines) is 1. The monoisotopic (exact) mass is 488 g/mol. The minimum absolute atomic E-state index is 0.0808. The molecule has 2 aliphatic rings. The summed E-state index contributed by atoms with van der Waals surface area (Å²) >= 11 is 3.42. The number of methoxy groups -OCH3 is 1. The van der Waals surface area contributed by atoms with Gasteiger partial charge in [-0.25, -0.2) is 4.39 Å². The number of carbonyl (C=O) groups is 3. The summed E-state index contributed by atoms with van der Waals surface area (Å²) in [5, 5.41) is 0. The van der Waals surface area contributed by atoms with Crippen molar-refractivity contribution >= 4 is 39.3 Å². The second-order valence-corrected chi connectivity index (χ2v) is 9.13. The quantitative estimate of drug-likeness (QED) is 0.611. The fraction of sp³-hybridized carbons (Fsp3) is 0.348. The van der Waals surface area contributed by atoms with Crippen molar-refractivity contribution in [3.63, 3.8) is 0 Å². The lowest BCUT2D eigenvalue weighted by atomic mass is 9.86. The van der Waals surface area contributed by atoms with Crippen molar-refractivity contribution < 1.29 is 23.5 Å². The summed E-state index contributed by atoms with van der Waals surface area (Å²) in [5.74, 6) is -1.06. The van der Waals surface area contributed by atoms with E-state index in [0.29, 0.717) is 15.8 Å². The first-order chi connectivity index (χ1) is 14.7. The van der Waals surface area contributed by atoms with Gasteiger partial charge in [0.2, 0.25) is 11.8 Å². The first kappa shape index (κ1) is 21.5. The number of carbonyl (C=O) groups excluding carboxylic acids is 3. The fourth-order valence-electron chi connectivity index (χ4n) is 4.32. The molecule has 1 fully saturated rings. The average Bonchev–Trinajstić information content (AvgIpc) is 2.96. The molecule has 4 rings (SSSR count). The maximum absolute atomic E-state index is 14.9. The van der Waals surface area contributed by atoms with Crippen LogP contribution in [0.2, 0.25) is 0 Å². The number of nitrogens with zero attached hydrogens (tertiary/aromatic N) is 2. The first-order valence-corrected chi connectivity index (χ1v) is 10.8. The van der Waals surface area contributed by atoms with Gasteiger partial charge in [-0.05, 0) is 50.1 Å². The van der Waals surface area contributed by atoms with Crippen LogP contribution in [0.3, 0.4) is 0 Å². The van der Waals surface area contributed by atoms with E-state index in [9.17, 15) is 18.8 Å². The van der Waals surface area contributed by atoms with Crippen molar-refractivity contribution in [2.75, 3.05) is 12.0 Å². The maximum Gasteiger partial charge on any atom is 0.252 e. The average molecular weight is 489 g/mol. The van der Waals surface area contributed by atoms with Gasteiger partial charge in [0.25, 0.3) is 5.91 Å². The number of imide groups is 1. The molecule has 2 heterocycles. The third-order valence-electron chi connectivity index (χ3n) is 5.99. The molecule has 2 aromatic rings. The number of piperidine rings is 1. The van der Waals surface area contributed by atoms with Gasteiger partial charge < -0.3 is 4.74 Å². The molecule has 0 radical (unpaired) electrons. The van der Waals surface area contributed by atoms with Crippen LogP contribution in [0.25, 0.3) is 0 Å². The number of anilines is 1. The molecule has 1 atom stereocenters. The summed E-state index contributed by atoms with van der Waals surface area (Å²) in [6.07, 6.45) is 0.256. The zero-order valence-corrected chi connectivity index (χ0v) is 19.0. The molecular formula is C23H22BrFN2O4. The molecule has 2 aromatic carbocycles. The van der Waals surface area contributed by atoms with Gasteiger partial charge in [-0.2, -0.15) is 0 Å². The lowest BCUT2D eigenvalue weighted by molar-refractivity contribution is -0.150. The predicted octanol–water partition coefficient (Wildman–Crippen LogP) is 3.94.